The van der Waals surface area contributed by atoms with Gasteiger partial charge in [0.1, 0.15) is 38.5 Å². The Hall–Kier alpha value is -3.86. The molecule has 2 N–H and O–H groups in total. The standard InChI is InChI=1S/C66H122N2O14/c1-9-13-33-45-59(81-65(75)55-67(5,6)49-53-79-61(71)41-11-3)57(69)43-35-27-21-15-17-23-29-37-47-63(73)77-51-39-31-25-19-20-26-32-40-52-78-64(74)48-38-30-24-18-16-22-28-36-44-58(70)60(46-34-14-10-2)82-66(76)56-68(7,8)50-54-80-62(72)42-12-4/h27-28,35-36,57-60,69-70H,9-26,29-34,37-56H2,1-8H3/q+2/b35-27-,36-28-. The molecule has 4 atom stereocenters. The van der Waals surface area contributed by atoms with Gasteiger partial charge in [0.2, 0.25) is 0 Å². The summed E-state index contributed by atoms with van der Waals surface area (Å²) in [6, 6.07) is 0. The Morgan fingerprint density at radius 2 is 0.671 bits per heavy atom. The predicted molar refractivity (Wildman–Crippen MR) is 326 cm³/mol. The first-order valence-corrected chi connectivity index (χ1v) is 32.7. The summed E-state index contributed by atoms with van der Waals surface area (Å²) in [5.41, 5.74) is 0. The van der Waals surface area contributed by atoms with E-state index in [1.54, 1.807) is 0 Å². The molecule has 0 heterocycles. The average Bonchev–Trinajstić information content (AvgIpc) is 3.44. The summed E-state index contributed by atoms with van der Waals surface area (Å²) in [5, 5.41) is 21.9. The molecule has 0 saturated heterocycles. The fraction of sp³-hybridized carbons (Fsp3) is 0.848. The molecule has 0 rings (SSSR count). The molecule has 0 fully saturated rings. The molecule has 0 aromatic heterocycles. The van der Waals surface area contributed by atoms with Gasteiger partial charge >= 0.3 is 35.8 Å². The maximum Gasteiger partial charge on any atom is 0.362 e. The average molecular weight is 1170 g/mol. The molecule has 82 heavy (non-hydrogen) atoms. The van der Waals surface area contributed by atoms with E-state index < -0.39 is 24.4 Å². The maximum absolute atomic E-state index is 12.9. The second-order valence-electron chi connectivity index (χ2n) is 24.1. The summed E-state index contributed by atoms with van der Waals surface area (Å²) in [7, 11) is 7.61. The van der Waals surface area contributed by atoms with E-state index in [-0.39, 0.29) is 62.1 Å². The van der Waals surface area contributed by atoms with Gasteiger partial charge in [-0.25, -0.2) is 9.59 Å². The van der Waals surface area contributed by atoms with Gasteiger partial charge in [-0.15, -0.1) is 0 Å². The normalized spacial score (nSPS) is 13.4. The molecule has 0 bridgehead atoms. The number of esters is 6. The quantitative estimate of drug-likeness (QED) is 0.0192. The number of allylic oxidation sites excluding steroid dienone is 2. The second kappa shape index (κ2) is 52.7. The Bertz CT molecular complexity index is 1560. The van der Waals surface area contributed by atoms with E-state index in [9.17, 15) is 39.0 Å². The van der Waals surface area contributed by atoms with Crippen LogP contribution in [0.4, 0.5) is 0 Å². The van der Waals surface area contributed by atoms with Crippen molar-refractivity contribution in [1.29, 1.82) is 0 Å². The number of carbonyl (C=O) groups is 6. The summed E-state index contributed by atoms with van der Waals surface area (Å²) < 4.78 is 33.8. The van der Waals surface area contributed by atoms with Crippen LogP contribution in [-0.2, 0) is 57.2 Å². The van der Waals surface area contributed by atoms with Crippen molar-refractivity contribution in [2.24, 2.45) is 0 Å². The number of ether oxygens (including phenoxy) is 6. The Labute approximate surface area is 498 Å². The zero-order valence-electron chi connectivity index (χ0n) is 53.4. The van der Waals surface area contributed by atoms with Gasteiger partial charge in [-0.05, 0) is 103 Å². The van der Waals surface area contributed by atoms with Crippen LogP contribution >= 0.6 is 0 Å². The zero-order chi connectivity index (χ0) is 61.0. The van der Waals surface area contributed by atoms with Crippen molar-refractivity contribution < 1.29 is 76.4 Å². The smallest absolute Gasteiger partial charge is 0.362 e. The number of quaternary nitrogens is 2. The molecular weight excluding hydrogens is 1040 g/mol. The summed E-state index contributed by atoms with van der Waals surface area (Å²) >= 11 is 0. The van der Waals surface area contributed by atoms with E-state index >= 15 is 0 Å². The lowest BCUT2D eigenvalue weighted by molar-refractivity contribution is -0.883. The first kappa shape index (κ1) is 78.1. The Morgan fingerprint density at radius 3 is 1.02 bits per heavy atom. The molecule has 0 aromatic carbocycles. The van der Waals surface area contributed by atoms with Crippen LogP contribution in [0, 0.1) is 0 Å². The number of carbonyl (C=O) groups excluding carboxylic acids is 6. The maximum atomic E-state index is 12.9. The number of rotatable bonds is 57. The van der Waals surface area contributed by atoms with Gasteiger partial charge in [0, 0.05) is 25.7 Å². The Morgan fingerprint density at radius 1 is 0.354 bits per heavy atom. The van der Waals surface area contributed by atoms with E-state index in [0.717, 1.165) is 180 Å². The second-order valence-corrected chi connectivity index (χ2v) is 24.1. The van der Waals surface area contributed by atoms with Gasteiger partial charge < -0.3 is 47.6 Å². The summed E-state index contributed by atoms with van der Waals surface area (Å²) in [6.07, 6.45) is 37.0. The van der Waals surface area contributed by atoms with Crippen LogP contribution in [0.15, 0.2) is 24.3 Å². The minimum Gasteiger partial charge on any atom is -0.466 e. The number of nitrogens with zero attached hydrogens (tertiary/aromatic N) is 2. The molecular formula is C66H122N2O14+2. The largest absolute Gasteiger partial charge is 0.466 e. The van der Waals surface area contributed by atoms with Crippen LogP contribution in [0.3, 0.4) is 0 Å². The van der Waals surface area contributed by atoms with Crippen molar-refractivity contribution in [2.45, 2.75) is 283 Å². The summed E-state index contributed by atoms with van der Waals surface area (Å²) in [6.45, 7) is 10.8. The van der Waals surface area contributed by atoms with E-state index in [1.165, 1.54) is 0 Å². The Kier molecular flexibility index (Phi) is 50.2. The molecule has 0 aliphatic heterocycles. The van der Waals surface area contributed by atoms with Crippen molar-refractivity contribution in [2.75, 3.05) is 80.8 Å². The molecule has 16 nitrogen and oxygen atoms in total. The molecule has 0 radical (unpaired) electrons. The van der Waals surface area contributed by atoms with Crippen LogP contribution in [0.1, 0.15) is 259 Å². The van der Waals surface area contributed by atoms with Gasteiger partial charge in [0.25, 0.3) is 0 Å². The van der Waals surface area contributed by atoms with Crippen LogP contribution in [0.25, 0.3) is 0 Å². The number of unbranched alkanes of at least 4 members (excludes halogenated alkanes) is 21. The van der Waals surface area contributed by atoms with E-state index in [0.29, 0.717) is 86.6 Å². The van der Waals surface area contributed by atoms with E-state index in [2.05, 4.69) is 26.0 Å². The van der Waals surface area contributed by atoms with Gasteiger partial charge in [0.15, 0.2) is 13.1 Å². The zero-order valence-corrected chi connectivity index (χ0v) is 53.4. The highest BCUT2D eigenvalue weighted by molar-refractivity contribution is 5.72. The minimum atomic E-state index is -0.767. The summed E-state index contributed by atoms with van der Waals surface area (Å²) in [4.78, 5) is 73.6. The number of hydrogen-bond acceptors (Lipinski definition) is 14. The highest BCUT2D eigenvalue weighted by atomic mass is 16.6. The summed E-state index contributed by atoms with van der Waals surface area (Å²) in [5.74, 6) is -1.38. The van der Waals surface area contributed by atoms with Gasteiger partial charge in [0.05, 0.1) is 53.6 Å². The highest BCUT2D eigenvalue weighted by Crippen LogP contribution is 2.19. The number of aliphatic hydroxyl groups excluding tert-OH is 2. The monoisotopic (exact) mass is 1170 g/mol. The topological polar surface area (TPSA) is 198 Å². The van der Waals surface area contributed by atoms with Crippen molar-refractivity contribution in [3.8, 4) is 0 Å². The van der Waals surface area contributed by atoms with Crippen LogP contribution in [0.2, 0.25) is 0 Å². The third-order valence-corrected chi connectivity index (χ3v) is 14.7. The van der Waals surface area contributed by atoms with Crippen LogP contribution in [0.5, 0.6) is 0 Å². The lowest BCUT2D eigenvalue weighted by atomic mass is 10.0. The van der Waals surface area contributed by atoms with Crippen LogP contribution < -0.4 is 0 Å². The van der Waals surface area contributed by atoms with Crippen LogP contribution in [-0.4, -0.2) is 160 Å². The van der Waals surface area contributed by atoms with Gasteiger partial charge in [-0.3, -0.25) is 19.2 Å². The molecule has 0 saturated carbocycles. The Balaban J connectivity index is 3.95. The molecule has 0 aliphatic carbocycles. The molecule has 16 heteroatoms. The first-order valence-electron chi connectivity index (χ1n) is 32.7. The van der Waals surface area contributed by atoms with Crippen molar-refractivity contribution in [1.82, 2.24) is 0 Å². The molecule has 0 aliphatic rings. The van der Waals surface area contributed by atoms with Crippen molar-refractivity contribution in [3.05, 3.63) is 24.3 Å². The number of likely N-dealkylation sites (N-methyl/N-ethyl adjacent to an activating group) is 2. The third-order valence-electron chi connectivity index (χ3n) is 14.7. The predicted octanol–water partition coefficient (Wildman–Crippen LogP) is 13.1. The van der Waals surface area contributed by atoms with E-state index in [1.807, 2.05) is 54.2 Å². The van der Waals surface area contributed by atoms with Crippen molar-refractivity contribution in [3.63, 3.8) is 0 Å². The third kappa shape index (κ3) is 49.6. The fourth-order valence-electron chi connectivity index (χ4n) is 9.40. The molecule has 4 unspecified atom stereocenters. The molecule has 478 valence electrons. The van der Waals surface area contributed by atoms with Gasteiger partial charge in [-0.2, -0.15) is 0 Å². The SMILES string of the molecule is CCCCCC(OC(=O)C[N+](C)(C)CCOC(=O)CCC)C(O)C/C=C\CCCCCCCC(=O)OCCCCCCCCCCOC(=O)CCCCCCC/C=C\CC(O)C(CCCCC)OC(=O)C[N+](C)(C)CCOC(=O)CCC. The van der Waals surface area contributed by atoms with E-state index in [4.69, 9.17) is 28.4 Å². The lowest BCUT2D eigenvalue weighted by Crippen LogP contribution is -2.48. The van der Waals surface area contributed by atoms with Gasteiger partial charge in [-0.1, -0.05) is 155 Å². The highest BCUT2D eigenvalue weighted by Gasteiger charge is 2.29. The first-order chi connectivity index (χ1) is 39.4. The minimum absolute atomic E-state index is 0.107. The molecule has 0 aromatic rings. The molecule has 0 spiro atoms. The molecule has 0 amide bonds. The van der Waals surface area contributed by atoms with Crippen molar-refractivity contribution >= 4 is 35.8 Å². The lowest BCUT2D eigenvalue weighted by Gasteiger charge is -2.30. The number of aliphatic hydroxyl groups is 2. The number of hydrogen-bond donors (Lipinski definition) is 2. The fourth-order valence-corrected chi connectivity index (χ4v) is 9.40.